The first-order chi connectivity index (χ1) is 14.3. The summed E-state index contributed by atoms with van der Waals surface area (Å²) in [6.07, 6.45) is 1.71. The predicted octanol–water partition coefficient (Wildman–Crippen LogP) is 2.92. The van der Waals surface area contributed by atoms with Crippen LogP contribution in [0.4, 0.5) is 5.82 Å². The summed E-state index contributed by atoms with van der Waals surface area (Å²) in [6, 6.07) is 19.2. The van der Waals surface area contributed by atoms with Gasteiger partial charge in [-0.3, -0.25) is 10.2 Å². The molecule has 1 N–H and O–H groups in total. The van der Waals surface area contributed by atoms with Gasteiger partial charge < -0.3 is 14.4 Å². The van der Waals surface area contributed by atoms with Crippen LogP contribution in [0.3, 0.4) is 0 Å². The number of hydrazone groups is 1. The maximum Gasteiger partial charge on any atom is 0.260 e. The normalized spacial score (nSPS) is 14.3. The molecule has 0 bridgehead atoms. The van der Waals surface area contributed by atoms with Crippen molar-refractivity contribution in [3.63, 3.8) is 0 Å². The van der Waals surface area contributed by atoms with Gasteiger partial charge in [0.1, 0.15) is 11.6 Å². The number of fused-ring (bicyclic) bond motifs is 1. The van der Waals surface area contributed by atoms with E-state index in [9.17, 15) is 4.79 Å². The Morgan fingerprint density at radius 1 is 1.10 bits per heavy atom. The highest BCUT2D eigenvalue weighted by molar-refractivity contribution is 5.82. The van der Waals surface area contributed by atoms with Crippen LogP contribution in [0.1, 0.15) is 5.56 Å². The number of pyridine rings is 1. The fourth-order valence-corrected chi connectivity index (χ4v) is 3.00. The molecule has 29 heavy (non-hydrogen) atoms. The van der Waals surface area contributed by atoms with E-state index in [1.54, 1.807) is 11.1 Å². The topological polar surface area (TPSA) is 76.0 Å². The molecule has 1 aromatic heterocycles. The molecule has 0 spiro atoms. The van der Waals surface area contributed by atoms with E-state index in [0.717, 1.165) is 16.5 Å². The van der Waals surface area contributed by atoms with E-state index in [-0.39, 0.29) is 12.5 Å². The number of ether oxygens (including phenoxy) is 2. The zero-order valence-corrected chi connectivity index (χ0v) is 16.0. The molecule has 7 nitrogen and oxygen atoms in total. The highest BCUT2D eigenvalue weighted by atomic mass is 16.5. The van der Waals surface area contributed by atoms with E-state index >= 15 is 0 Å². The van der Waals surface area contributed by atoms with Crippen LogP contribution in [0.2, 0.25) is 0 Å². The molecule has 4 rings (SSSR count). The molecule has 2 heterocycles. The van der Waals surface area contributed by atoms with Crippen LogP contribution in [0, 0.1) is 0 Å². The minimum atomic E-state index is -0.0222. The van der Waals surface area contributed by atoms with Crippen molar-refractivity contribution in [3.8, 4) is 5.75 Å². The van der Waals surface area contributed by atoms with Crippen LogP contribution in [-0.4, -0.2) is 54.9 Å². The number of rotatable bonds is 6. The number of anilines is 1. The molecular weight excluding hydrogens is 368 g/mol. The molecule has 1 amide bonds. The molecule has 0 unspecified atom stereocenters. The standard InChI is InChI=1S/C22H22N4O3/c27-22(26-11-13-28-14-12-26)16-29-19-8-5-17(6-9-19)15-23-25-21-10-7-18-3-1-2-4-20(18)24-21/h1-10,15H,11-14,16H2,(H,24,25)/b23-15-. The number of hydrogen-bond acceptors (Lipinski definition) is 6. The highest BCUT2D eigenvalue weighted by Crippen LogP contribution is 2.15. The zero-order chi connectivity index (χ0) is 19.9. The number of morpholine rings is 1. The lowest BCUT2D eigenvalue weighted by Gasteiger charge is -2.26. The van der Waals surface area contributed by atoms with Crippen molar-refractivity contribution in [3.05, 3.63) is 66.2 Å². The second kappa shape index (κ2) is 9.16. The van der Waals surface area contributed by atoms with Crippen LogP contribution in [0.25, 0.3) is 10.9 Å². The Morgan fingerprint density at radius 2 is 1.90 bits per heavy atom. The third-order valence-electron chi connectivity index (χ3n) is 4.60. The lowest BCUT2D eigenvalue weighted by Crippen LogP contribution is -2.42. The van der Waals surface area contributed by atoms with Gasteiger partial charge in [-0.2, -0.15) is 5.10 Å². The summed E-state index contributed by atoms with van der Waals surface area (Å²) >= 11 is 0. The monoisotopic (exact) mass is 390 g/mol. The summed E-state index contributed by atoms with van der Waals surface area (Å²) in [6.45, 7) is 2.45. The quantitative estimate of drug-likeness (QED) is 0.517. The van der Waals surface area contributed by atoms with Gasteiger partial charge >= 0.3 is 0 Å². The van der Waals surface area contributed by atoms with Crippen molar-refractivity contribution in [1.82, 2.24) is 9.88 Å². The van der Waals surface area contributed by atoms with Crippen LogP contribution >= 0.6 is 0 Å². The number of nitrogens with zero attached hydrogens (tertiary/aromatic N) is 3. The molecule has 3 aromatic rings. The zero-order valence-electron chi connectivity index (χ0n) is 16.0. The number of carbonyl (C=O) groups excluding carboxylic acids is 1. The summed E-state index contributed by atoms with van der Waals surface area (Å²) in [5.41, 5.74) is 4.77. The molecule has 1 aliphatic heterocycles. The number of nitrogens with one attached hydrogen (secondary N) is 1. The fourth-order valence-electron chi connectivity index (χ4n) is 3.00. The summed E-state index contributed by atoms with van der Waals surface area (Å²) in [4.78, 5) is 18.4. The molecule has 0 atom stereocenters. The Kier molecular flexibility index (Phi) is 5.97. The lowest BCUT2D eigenvalue weighted by atomic mass is 10.2. The fraction of sp³-hybridized carbons (Fsp3) is 0.227. The van der Waals surface area contributed by atoms with E-state index in [2.05, 4.69) is 15.5 Å². The van der Waals surface area contributed by atoms with Gasteiger partial charge in [-0.15, -0.1) is 0 Å². The van der Waals surface area contributed by atoms with E-state index in [1.807, 2.05) is 60.7 Å². The first-order valence-corrected chi connectivity index (χ1v) is 9.51. The Morgan fingerprint density at radius 3 is 2.72 bits per heavy atom. The Labute approximate surface area is 169 Å². The summed E-state index contributed by atoms with van der Waals surface area (Å²) in [5.74, 6) is 1.31. The summed E-state index contributed by atoms with van der Waals surface area (Å²) in [7, 11) is 0. The number of amides is 1. The summed E-state index contributed by atoms with van der Waals surface area (Å²) < 4.78 is 10.8. The largest absolute Gasteiger partial charge is 0.484 e. The average Bonchev–Trinajstić information content (AvgIpc) is 2.79. The molecule has 1 fully saturated rings. The molecule has 148 valence electrons. The molecule has 0 radical (unpaired) electrons. The number of benzene rings is 2. The maximum absolute atomic E-state index is 12.1. The molecule has 7 heteroatoms. The molecule has 0 saturated carbocycles. The van der Waals surface area contributed by atoms with Gasteiger partial charge in [0.15, 0.2) is 6.61 Å². The van der Waals surface area contributed by atoms with Gasteiger partial charge in [0.05, 0.1) is 24.9 Å². The molecule has 2 aromatic carbocycles. The Hall–Kier alpha value is -3.45. The van der Waals surface area contributed by atoms with Crippen LogP contribution in [0.5, 0.6) is 5.75 Å². The van der Waals surface area contributed by atoms with Gasteiger partial charge in [-0.1, -0.05) is 18.2 Å². The van der Waals surface area contributed by atoms with Gasteiger partial charge in [0.2, 0.25) is 0 Å². The van der Waals surface area contributed by atoms with E-state index in [4.69, 9.17) is 9.47 Å². The predicted molar refractivity (Wildman–Crippen MR) is 112 cm³/mol. The Balaban J connectivity index is 1.28. The average molecular weight is 390 g/mol. The van der Waals surface area contributed by atoms with Crippen molar-refractivity contribution in [2.75, 3.05) is 38.3 Å². The second-order valence-corrected chi connectivity index (χ2v) is 6.61. The van der Waals surface area contributed by atoms with Gasteiger partial charge in [-0.05, 0) is 48.0 Å². The van der Waals surface area contributed by atoms with Crippen molar-refractivity contribution in [2.45, 2.75) is 0 Å². The highest BCUT2D eigenvalue weighted by Gasteiger charge is 2.16. The molecule has 1 aliphatic rings. The number of aromatic nitrogens is 1. The summed E-state index contributed by atoms with van der Waals surface area (Å²) in [5, 5.41) is 5.32. The second-order valence-electron chi connectivity index (χ2n) is 6.61. The molecule has 0 aliphatic carbocycles. The first kappa shape index (κ1) is 18.9. The van der Waals surface area contributed by atoms with Crippen molar-refractivity contribution in [1.29, 1.82) is 0 Å². The molecule has 1 saturated heterocycles. The minimum absolute atomic E-state index is 0.0222. The van der Waals surface area contributed by atoms with E-state index < -0.39 is 0 Å². The lowest BCUT2D eigenvalue weighted by molar-refractivity contribution is -0.137. The van der Waals surface area contributed by atoms with E-state index in [1.165, 1.54) is 0 Å². The first-order valence-electron chi connectivity index (χ1n) is 9.51. The van der Waals surface area contributed by atoms with Crippen LogP contribution in [0.15, 0.2) is 65.8 Å². The maximum atomic E-state index is 12.1. The minimum Gasteiger partial charge on any atom is -0.484 e. The Bertz CT molecular complexity index is 998. The van der Waals surface area contributed by atoms with Crippen molar-refractivity contribution >= 4 is 28.8 Å². The van der Waals surface area contributed by atoms with Crippen LogP contribution < -0.4 is 10.2 Å². The van der Waals surface area contributed by atoms with Crippen molar-refractivity contribution in [2.24, 2.45) is 5.10 Å². The van der Waals surface area contributed by atoms with Gasteiger partial charge in [0.25, 0.3) is 5.91 Å². The number of carbonyl (C=O) groups is 1. The molecular formula is C22H22N4O3. The smallest absolute Gasteiger partial charge is 0.260 e. The SMILES string of the molecule is O=C(COc1ccc(/C=N\Nc2ccc3ccccc3n2)cc1)N1CCOCC1. The number of para-hydroxylation sites is 1. The van der Waals surface area contributed by atoms with Gasteiger partial charge in [-0.25, -0.2) is 4.98 Å². The number of hydrogen-bond donors (Lipinski definition) is 1. The van der Waals surface area contributed by atoms with Crippen LogP contribution in [-0.2, 0) is 9.53 Å². The van der Waals surface area contributed by atoms with Gasteiger partial charge in [0, 0.05) is 18.5 Å². The third kappa shape index (κ3) is 5.08. The van der Waals surface area contributed by atoms with Crippen molar-refractivity contribution < 1.29 is 14.3 Å². The third-order valence-corrected chi connectivity index (χ3v) is 4.60. The van der Waals surface area contributed by atoms with E-state index in [0.29, 0.717) is 37.9 Å².